The molecule has 7 heteroatoms. The van der Waals surface area contributed by atoms with Crippen LogP contribution in [0.15, 0.2) is 18.5 Å². The van der Waals surface area contributed by atoms with Gasteiger partial charge in [-0.05, 0) is 44.6 Å². The highest BCUT2D eigenvalue weighted by molar-refractivity contribution is 5.72. The maximum atomic E-state index is 12.9. The molecule has 2 aliphatic carbocycles. The molecule has 2 aliphatic rings. The number of carbonyl (C=O) groups is 1. The van der Waals surface area contributed by atoms with E-state index in [2.05, 4.69) is 5.10 Å². The van der Waals surface area contributed by atoms with Crippen molar-refractivity contribution >= 4 is 5.97 Å². The normalized spacial score (nSPS) is 32.0. The fourth-order valence-electron chi connectivity index (χ4n) is 3.77. The van der Waals surface area contributed by atoms with Crippen molar-refractivity contribution in [3.8, 4) is 0 Å². The van der Waals surface area contributed by atoms with Crippen molar-refractivity contribution in [2.24, 2.45) is 11.8 Å². The van der Waals surface area contributed by atoms with E-state index in [4.69, 9.17) is 4.74 Å². The van der Waals surface area contributed by atoms with Gasteiger partial charge in [-0.3, -0.25) is 9.48 Å². The number of alkyl halides is 3. The summed E-state index contributed by atoms with van der Waals surface area (Å²) in [6.07, 6.45) is 2.44. The molecule has 128 valence electrons. The first kappa shape index (κ1) is 16.3. The van der Waals surface area contributed by atoms with E-state index >= 15 is 0 Å². The van der Waals surface area contributed by atoms with Crippen LogP contribution < -0.4 is 0 Å². The number of hydrogen-bond acceptors (Lipinski definition) is 3. The van der Waals surface area contributed by atoms with Gasteiger partial charge in [0, 0.05) is 12.4 Å². The number of halogens is 3. The molecule has 0 saturated heterocycles. The monoisotopic (exact) mass is 330 g/mol. The van der Waals surface area contributed by atoms with Gasteiger partial charge in [-0.1, -0.05) is 6.42 Å². The first-order valence-electron chi connectivity index (χ1n) is 8.21. The SMILES string of the molecule is O=C(O[C@@H]1CCC[C@H]1n1cccn1)[C@@H]1CCC[C@@H](C(F)(F)F)C1. The summed E-state index contributed by atoms with van der Waals surface area (Å²) >= 11 is 0. The lowest BCUT2D eigenvalue weighted by atomic mass is 9.81. The van der Waals surface area contributed by atoms with Crippen molar-refractivity contribution in [3.05, 3.63) is 18.5 Å². The second-order valence-corrected chi connectivity index (χ2v) is 6.56. The number of carbonyl (C=O) groups excluding carboxylic acids is 1. The average Bonchev–Trinajstić information content (AvgIpc) is 3.17. The molecule has 1 heterocycles. The predicted octanol–water partition coefficient (Wildman–Crippen LogP) is 3.89. The molecule has 2 saturated carbocycles. The van der Waals surface area contributed by atoms with Crippen LogP contribution >= 0.6 is 0 Å². The Morgan fingerprint density at radius 3 is 2.65 bits per heavy atom. The van der Waals surface area contributed by atoms with Gasteiger partial charge in [0.05, 0.1) is 17.9 Å². The minimum atomic E-state index is -4.22. The molecule has 1 aromatic heterocycles. The van der Waals surface area contributed by atoms with Crippen LogP contribution in [-0.4, -0.2) is 28.0 Å². The molecule has 4 nitrogen and oxygen atoms in total. The van der Waals surface area contributed by atoms with E-state index < -0.39 is 24.0 Å². The Kier molecular flexibility index (Phi) is 4.64. The second kappa shape index (κ2) is 6.53. The standard InChI is InChI=1S/C16H21F3N2O2/c17-16(18,19)12-5-1-4-11(10-12)15(22)23-14-7-2-6-13(14)21-9-3-8-20-21/h3,8-9,11-14H,1-2,4-7,10H2/t11-,12-,13-,14-/m1/s1. The highest BCUT2D eigenvalue weighted by Gasteiger charge is 2.44. The number of hydrogen-bond donors (Lipinski definition) is 0. The van der Waals surface area contributed by atoms with Crippen molar-refractivity contribution in [3.63, 3.8) is 0 Å². The van der Waals surface area contributed by atoms with Gasteiger partial charge >= 0.3 is 12.1 Å². The topological polar surface area (TPSA) is 44.1 Å². The number of esters is 1. The Morgan fingerprint density at radius 2 is 1.96 bits per heavy atom. The van der Waals surface area contributed by atoms with Gasteiger partial charge in [0.15, 0.2) is 0 Å². The Labute approximate surface area is 133 Å². The molecule has 4 atom stereocenters. The number of rotatable bonds is 3. The smallest absolute Gasteiger partial charge is 0.391 e. The van der Waals surface area contributed by atoms with Crippen LogP contribution in [0.3, 0.4) is 0 Å². The molecule has 0 bridgehead atoms. The lowest BCUT2D eigenvalue weighted by Crippen LogP contribution is -2.35. The van der Waals surface area contributed by atoms with E-state index in [1.165, 1.54) is 0 Å². The molecule has 0 aliphatic heterocycles. The molecule has 0 spiro atoms. The Balaban J connectivity index is 1.60. The first-order valence-corrected chi connectivity index (χ1v) is 8.21. The number of nitrogens with zero attached hydrogens (tertiary/aromatic N) is 2. The Morgan fingerprint density at radius 1 is 1.17 bits per heavy atom. The van der Waals surface area contributed by atoms with Crippen molar-refractivity contribution in [1.82, 2.24) is 9.78 Å². The Hall–Kier alpha value is -1.53. The van der Waals surface area contributed by atoms with E-state index in [-0.39, 0.29) is 25.0 Å². The third-order valence-electron chi connectivity index (χ3n) is 5.02. The molecule has 1 aromatic rings. The molecule has 0 radical (unpaired) electrons. The van der Waals surface area contributed by atoms with Crippen LogP contribution in [0, 0.1) is 11.8 Å². The summed E-state index contributed by atoms with van der Waals surface area (Å²) in [6, 6.07) is 1.81. The Bertz CT molecular complexity index is 530. The van der Waals surface area contributed by atoms with E-state index in [0.29, 0.717) is 12.8 Å². The number of aromatic nitrogens is 2. The maximum absolute atomic E-state index is 12.9. The van der Waals surface area contributed by atoms with Gasteiger partial charge in [-0.15, -0.1) is 0 Å². The largest absolute Gasteiger partial charge is 0.460 e. The molecule has 0 amide bonds. The van der Waals surface area contributed by atoms with Gasteiger partial charge in [0.25, 0.3) is 0 Å². The van der Waals surface area contributed by atoms with Crippen LogP contribution in [0.4, 0.5) is 13.2 Å². The van der Waals surface area contributed by atoms with Gasteiger partial charge in [0.1, 0.15) is 6.10 Å². The highest BCUT2D eigenvalue weighted by Crippen LogP contribution is 2.41. The third kappa shape index (κ3) is 3.70. The second-order valence-electron chi connectivity index (χ2n) is 6.56. The van der Waals surface area contributed by atoms with E-state index in [9.17, 15) is 18.0 Å². The molecule has 0 N–H and O–H groups in total. The fourth-order valence-corrected chi connectivity index (χ4v) is 3.77. The van der Waals surface area contributed by atoms with Crippen LogP contribution in [0.5, 0.6) is 0 Å². The van der Waals surface area contributed by atoms with Crippen LogP contribution in [0.2, 0.25) is 0 Å². The molecule has 23 heavy (non-hydrogen) atoms. The molecule has 0 unspecified atom stereocenters. The van der Waals surface area contributed by atoms with Gasteiger partial charge in [0.2, 0.25) is 0 Å². The maximum Gasteiger partial charge on any atom is 0.391 e. The summed E-state index contributed by atoms with van der Waals surface area (Å²) in [5, 5.41) is 4.19. The van der Waals surface area contributed by atoms with Crippen molar-refractivity contribution in [2.45, 2.75) is 63.3 Å². The van der Waals surface area contributed by atoms with Crippen molar-refractivity contribution in [1.29, 1.82) is 0 Å². The minimum Gasteiger partial charge on any atom is -0.460 e. The third-order valence-corrected chi connectivity index (χ3v) is 5.02. The van der Waals surface area contributed by atoms with Crippen molar-refractivity contribution < 1.29 is 22.7 Å². The summed E-state index contributed by atoms with van der Waals surface area (Å²) in [4.78, 5) is 12.3. The highest BCUT2D eigenvalue weighted by atomic mass is 19.4. The summed E-state index contributed by atoms with van der Waals surface area (Å²) in [7, 11) is 0. The zero-order valence-electron chi connectivity index (χ0n) is 12.8. The van der Waals surface area contributed by atoms with Crippen molar-refractivity contribution in [2.75, 3.05) is 0 Å². The first-order chi connectivity index (χ1) is 10.9. The summed E-state index contributed by atoms with van der Waals surface area (Å²) in [5.41, 5.74) is 0. The summed E-state index contributed by atoms with van der Waals surface area (Å²) in [5.74, 6) is -2.48. The average molecular weight is 330 g/mol. The van der Waals surface area contributed by atoms with E-state index in [0.717, 1.165) is 19.3 Å². The van der Waals surface area contributed by atoms with Gasteiger partial charge in [-0.2, -0.15) is 18.3 Å². The molecular weight excluding hydrogens is 309 g/mol. The summed E-state index contributed by atoms with van der Waals surface area (Å²) in [6.45, 7) is 0. The van der Waals surface area contributed by atoms with E-state index in [1.54, 1.807) is 10.9 Å². The van der Waals surface area contributed by atoms with Crippen LogP contribution in [0.25, 0.3) is 0 Å². The lowest BCUT2D eigenvalue weighted by Gasteiger charge is -2.30. The predicted molar refractivity (Wildman–Crippen MR) is 76.5 cm³/mol. The zero-order valence-corrected chi connectivity index (χ0v) is 12.8. The molecular formula is C16H21F3N2O2. The van der Waals surface area contributed by atoms with E-state index in [1.807, 2.05) is 12.3 Å². The molecule has 0 aromatic carbocycles. The van der Waals surface area contributed by atoms with Crippen LogP contribution in [0.1, 0.15) is 51.0 Å². The minimum absolute atomic E-state index is 0.00375. The van der Waals surface area contributed by atoms with Crippen LogP contribution in [-0.2, 0) is 9.53 Å². The lowest BCUT2D eigenvalue weighted by molar-refractivity contribution is -0.190. The van der Waals surface area contributed by atoms with Gasteiger partial charge < -0.3 is 4.74 Å². The quantitative estimate of drug-likeness (QED) is 0.790. The fraction of sp³-hybridized carbons (Fsp3) is 0.750. The zero-order chi connectivity index (χ0) is 16.4. The summed E-state index contributed by atoms with van der Waals surface area (Å²) < 4.78 is 46.0. The van der Waals surface area contributed by atoms with Gasteiger partial charge in [-0.25, -0.2) is 0 Å². The number of ether oxygens (including phenoxy) is 1. The molecule has 3 rings (SSSR count). The molecule has 2 fully saturated rings.